The first-order valence-electron chi connectivity index (χ1n) is 4.78. The van der Waals surface area contributed by atoms with Crippen molar-refractivity contribution in [3.8, 4) is 0 Å². The lowest BCUT2D eigenvalue weighted by atomic mass is 10.3. The molecule has 0 unspecified atom stereocenters. The number of nitrogens with one attached hydrogen (secondary N) is 1. The van der Waals surface area contributed by atoms with Crippen molar-refractivity contribution < 1.29 is 24.0 Å². The number of aliphatic hydroxyl groups is 1. The zero-order chi connectivity index (χ0) is 12.1. The Bertz CT molecular complexity index is 299. The summed E-state index contributed by atoms with van der Waals surface area (Å²) in [5, 5.41) is 19.5. The Morgan fingerprint density at radius 2 is 1.94 bits per heavy atom. The molecule has 1 saturated heterocycles. The van der Waals surface area contributed by atoms with Crippen LogP contribution in [0.2, 0.25) is 0 Å². The minimum atomic E-state index is -1.29. The number of aliphatic carboxylic acids is 1. The van der Waals surface area contributed by atoms with Gasteiger partial charge in [0.15, 0.2) is 6.04 Å². The molecule has 1 rings (SSSR count). The molecule has 7 nitrogen and oxygen atoms in total. The number of nitrogens with zero attached hydrogens (tertiary/aromatic N) is 1. The van der Waals surface area contributed by atoms with Gasteiger partial charge in [-0.05, 0) is 0 Å². The molecule has 92 valence electrons. The summed E-state index contributed by atoms with van der Waals surface area (Å²) >= 11 is 0. The van der Waals surface area contributed by atoms with Gasteiger partial charge in [0.05, 0.1) is 6.61 Å². The Balaban J connectivity index is 2.45. The molecule has 2 amide bonds. The van der Waals surface area contributed by atoms with Crippen molar-refractivity contribution in [2.24, 2.45) is 0 Å². The second-order valence-corrected chi connectivity index (χ2v) is 5.05. The van der Waals surface area contributed by atoms with E-state index in [1.54, 1.807) is 0 Å². The van der Waals surface area contributed by atoms with Crippen molar-refractivity contribution in [3.05, 3.63) is 0 Å². The third-order valence-corrected chi connectivity index (χ3v) is 3.52. The second-order valence-electron chi connectivity index (χ2n) is 3.36. The molecule has 0 aromatic heterocycles. The number of carboxylic acid groups (broad SMARTS) is 1. The van der Waals surface area contributed by atoms with Crippen LogP contribution in [0.15, 0.2) is 0 Å². The Hall–Kier alpha value is -1.15. The van der Waals surface area contributed by atoms with Crippen LogP contribution in [0.3, 0.4) is 0 Å². The highest BCUT2D eigenvalue weighted by molar-refractivity contribution is 7.85. The van der Waals surface area contributed by atoms with E-state index >= 15 is 0 Å². The van der Waals surface area contributed by atoms with Crippen molar-refractivity contribution in [2.45, 2.75) is 6.04 Å². The maximum atomic E-state index is 11.5. The van der Waals surface area contributed by atoms with Crippen LogP contribution < -0.4 is 5.32 Å². The van der Waals surface area contributed by atoms with Crippen LogP contribution in [0, 0.1) is 0 Å². The van der Waals surface area contributed by atoms with Crippen molar-refractivity contribution in [2.75, 3.05) is 31.2 Å². The van der Waals surface area contributed by atoms with Gasteiger partial charge in [-0.3, -0.25) is 4.21 Å². The van der Waals surface area contributed by atoms with E-state index in [4.69, 9.17) is 10.2 Å². The Morgan fingerprint density at radius 3 is 2.38 bits per heavy atom. The molecule has 0 aromatic carbocycles. The molecule has 3 N–H and O–H groups in total. The molecule has 0 aromatic rings. The average Bonchev–Trinajstić information content (AvgIpc) is 2.26. The van der Waals surface area contributed by atoms with E-state index in [1.165, 1.54) is 4.90 Å². The maximum absolute atomic E-state index is 11.5. The van der Waals surface area contributed by atoms with Crippen molar-refractivity contribution in [1.29, 1.82) is 0 Å². The summed E-state index contributed by atoms with van der Waals surface area (Å²) in [6.07, 6.45) is 0. The van der Waals surface area contributed by atoms with Gasteiger partial charge in [-0.2, -0.15) is 0 Å². The van der Waals surface area contributed by atoms with Crippen LogP contribution >= 0.6 is 0 Å². The fraction of sp³-hybridized carbons (Fsp3) is 0.750. The molecule has 1 fully saturated rings. The molecule has 8 heteroatoms. The van der Waals surface area contributed by atoms with Crippen LogP contribution in [-0.4, -0.2) is 68.6 Å². The molecule has 1 aliphatic heterocycles. The van der Waals surface area contributed by atoms with E-state index in [0.29, 0.717) is 24.6 Å². The van der Waals surface area contributed by atoms with E-state index < -0.39 is 35.4 Å². The zero-order valence-electron chi connectivity index (χ0n) is 8.59. The van der Waals surface area contributed by atoms with Gasteiger partial charge in [0, 0.05) is 35.4 Å². The predicted molar refractivity (Wildman–Crippen MR) is 56.5 cm³/mol. The van der Waals surface area contributed by atoms with E-state index in [1.807, 2.05) is 0 Å². The molecular weight excluding hydrogens is 236 g/mol. The fourth-order valence-electron chi connectivity index (χ4n) is 1.27. The predicted octanol–water partition coefficient (Wildman–Crippen LogP) is -1.79. The first-order valence-corrected chi connectivity index (χ1v) is 6.27. The van der Waals surface area contributed by atoms with Gasteiger partial charge in [0.25, 0.3) is 0 Å². The first kappa shape index (κ1) is 12.9. The normalized spacial score (nSPS) is 19.2. The Kier molecular flexibility index (Phi) is 4.69. The van der Waals surface area contributed by atoms with Gasteiger partial charge in [-0.1, -0.05) is 0 Å². The van der Waals surface area contributed by atoms with E-state index in [2.05, 4.69) is 5.32 Å². The van der Waals surface area contributed by atoms with Gasteiger partial charge in [-0.15, -0.1) is 0 Å². The highest BCUT2D eigenvalue weighted by atomic mass is 32.2. The number of hydrogen-bond acceptors (Lipinski definition) is 4. The van der Waals surface area contributed by atoms with Gasteiger partial charge in [0.1, 0.15) is 0 Å². The number of carbonyl (C=O) groups excluding carboxylic acids is 1. The largest absolute Gasteiger partial charge is 0.480 e. The van der Waals surface area contributed by atoms with Crippen LogP contribution in [0.25, 0.3) is 0 Å². The molecular formula is C8H14N2O5S. The number of carboxylic acids is 1. The molecule has 1 atom stereocenters. The average molecular weight is 250 g/mol. The Morgan fingerprint density at radius 1 is 1.38 bits per heavy atom. The molecule has 0 aliphatic carbocycles. The zero-order valence-corrected chi connectivity index (χ0v) is 9.40. The van der Waals surface area contributed by atoms with Crippen molar-refractivity contribution in [1.82, 2.24) is 10.2 Å². The minimum Gasteiger partial charge on any atom is -0.480 e. The maximum Gasteiger partial charge on any atom is 0.328 e. The molecule has 1 aliphatic rings. The number of amides is 2. The lowest BCUT2D eigenvalue weighted by Crippen LogP contribution is -2.52. The smallest absolute Gasteiger partial charge is 0.328 e. The molecule has 0 spiro atoms. The molecule has 0 saturated carbocycles. The van der Waals surface area contributed by atoms with Gasteiger partial charge < -0.3 is 20.4 Å². The summed E-state index contributed by atoms with van der Waals surface area (Å²) in [7, 11) is -0.888. The summed E-state index contributed by atoms with van der Waals surface area (Å²) < 4.78 is 11.0. The van der Waals surface area contributed by atoms with Gasteiger partial charge in [0.2, 0.25) is 0 Å². The van der Waals surface area contributed by atoms with E-state index in [9.17, 15) is 13.8 Å². The second kappa shape index (κ2) is 5.80. The summed E-state index contributed by atoms with van der Waals surface area (Å²) in [5.74, 6) is -0.467. The molecule has 16 heavy (non-hydrogen) atoms. The molecule has 0 radical (unpaired) electrons. The standard InChI is InChI=1S/C8H14N2O5S/c11-5-6(7(12)13)9-8(14)10-1-3-16(15)4-2-10/h6,11H,1-5H2,(H,9,14)(H,12,13)/t6-/m1/s1. The SMILES string of the molecule is O=C(O)[C@@H](CO)NC(=O)N1CCS(=O)CC1. The third-order valence-electron chi connectivity index (χ3n) is 2.24. The highest BCUT2D eigenvalue weighted by Gasteiger charge is 2.24. The van der Waals surface area contributed by atoms with E-state index in [-0.39, 0.29) is 0 Å². The van der Waals surface area contributed by atoms with Gasteiger partial charge in [-0.25, -0.2) is 9.59 Å². The number of hydrogen-bond donors (Lipinski definition) is 3. The minimum absolute atomic E-state index is 0.343. The lowest BCUT2D eigenvalue weighted by Gasteiger charge is -2.27. The summed E-state index contributed by atoms with van der Waals surface area (Å²) in [6.45, 7) is 0.0350. The fourth-order valence-corrected chi connectivity index (χ4v) is 2.32. The van der Waals surface area contributed by atoms with Gasteiger partial charge >= 0.3 is 12.0 Å². The highest BCUT2D eigenvalue weighted by Crippen LogP contribution is 2.00. The van der Waals surface area contributed by atoms with Crippen LogP contribution in [0.5, 0.6) is 0 Å². The summed E-state index contributed by atoms with van der Waals surface area (Å²) in [4.78, 5) is 23.5. The monoisotopic (exact) mass is 250 g/mol. The molecule has 1 heterocycles. The lowest BCUT2D eigenvalue weighted by molar-refractivity contribution is -0.140. The summed E-state index contributed by atoms with van der Waals surface area (Å²) in [5.41, 5.74) is 0. The summed E-state index contributed by atoms with van der Waals surface area (Å²) in [6, 6.07) is -1.84. The van der Waals surface area contributed by atoms with Crippen LogP contribution in [0.4, 0.5) is 4.79 Å². The number of urea groups is 1. The van der Waals surface area contributed by atoms with Crippen molar-refractivity contribution in [3.63, 3.8) is 0 Å². The van der Waals surface area contributed by atoms with E-state index in [0.717, 1.165) is 0 Å². The number of aliphatic hydroxyl groups excluding tert-OH is 1. The number of carbonyl (C=O) groups is 2. The van der Waals surface area contributed by atoms with Crippen molar-refractivity contribution >= 4 is 22.8 Å². The van der Waals surface area contributed by atoms with Crippen LogP contribution in [0.1, 0.15) is 0 Å². The topological polar surface area (TPSA) is 107 Å². The molecule has 0 bridgehead atoms. The first-order chi connectivity index (χ1) is 7.54. The third kappa shape index (κ3) is 3.46. The Labute approximate surface area is 94.9 Å². The quantitative estimate of drug-likeness (QED) is 0.548. The van der Waals surface area contributed by atoms with Crippen LogP contribution in [-0.2, 0) is 15.6 Å². The number of rotatable bonds is 3.